The molecule has 0 aliphatic carbocycles. The Balaban J connectivity index is 1.46. The number of hydrogen-bond acceptors (Lipinski definition) is 4. The van der Waals surface area contributed by atoms with E-state index < -0.39 is 0 Å². The van der Waals surface area contributed by atoms with Gasteiger partial charge >= 0.3 is 0 Å². The molecule has 0 unspecified atom stereocenters. The van der Waals surface area contributed by atoms with Gasteiger partial charge in [0.15, 0.2) is 0 Å². The molecule has 2 aromatic carbocycles. The van der Waals surface area contributed by atoms with Gasteiger partial charge in [-0.2, -0.15) is 0 Å². The smallest absolute Gasteiger partial charge is 0.258 e. The normalized spacial score (nSPS) is 14.7. The molecule has 1 saturated heterocycles. The van der Waals surface area contributed by atoms with Crippen LogP contribution < -0.4 is 15.2 Å². The fourth-order valence-corrected chi connectivity index (χ4v) is 4.28. The number of nitrogens with zero attached hydrogens (tertiary/aromatic N) is 3. The number of aryl methyl sites for hydroxylation is 3. The molecule has 0 N–H and O–H groups in total. The molecule has 0 atom stereocenters. The molecule has 1 aromatic heterocycles. The summed E-state index contributed by atoms with van der Waals surface area (Å²) in [6, 6.07) is 15.6. The van der Waals surface area contributed by atoms with Gasteiger partial charge in [0, 0.05) is 43.4 Å². The third kappa shape index (κ3) is 4.36. The molecule has 0 amide bonds. The molecular weight excluding hydrogens is 398 g/mol. The highest BCUT2D eigenvalue weighted by molar-refractivity contribution is 6.32. The Morgan fingerprint density at radius 3 is 2.47 bits per heavy atom. The van der Waals surface area contributed by atoms with E-state index in [1.54, 1.807) is 4.57 Å². The Kier molecular flexibility index (Phi) is 5.82. The zero-order valence-corrected chi connectivity index (χ0v) is 18.3. The summed E-state index contributed by atoms with van der Waals surface area (Å²) in [6.07, 6.45) is 2.12. The second-order valence-corrected chi connectivity index (χ2v) is 8.28. The lowest BCUT2D eigenvalue weighted by Crippen LogP contribution is -2.38. The molecule has 6 heteroatoms. The number of rotatable bonds is 4. The summed E-state index contributed by atoms with van der Waals surface area (Å²) in [5.74, 6) is 1.57. The van der Waals surface area contributed by atoms with Crippen molar-refractivity contribution in [2.75, 3.05) is 18.0 Å². The Morgan fingerprint density at radius 1 is 1.03 bits per heavy atom. The van der Waals surface area contributed by atoms with Crippen LogP contribution >= 0.6 is 11.6 Å². The van der Waals surface area contributed by atoms with Gasteiger partial charge in [0.25, 0.3) is 5.56 Å². The van der Waals surface area contributed by atoms with E-state index in [4.69, 9.17) is 16.3 Å². The van der Waals surface area contributed by atoms with E-state index in [2.05, 4.69) is 28.9 Å². The third-order valence-corrected chi connectivity index (χ3v) is 5.79. The van der Waals surface area contributed by atoms with Crippen LogP contribution in [0, 0.1) is 20.8 Å². The van der Waals surface area contributed by atoms with Gasteiger partial charge in [-0.3, -0.25) is 9.36 Å². The first-order chi connectivity index (χ1) is 14.4. The summed E-state index contributed by atoms with van der Waals surface area (Å²) < 4.78 is 7.72. The Bertz CT molecular complexity index is 1120. The van der Waals surface area contributed by atoms with E-state index in [9.17, 15) is 4.79 Å². The fourth-order valence-electron chi connectivity index (χ4n) is 4.02. The molecule has 0 spiro atoms. The first-order valence-electron chi connectivity index (χ1n) is 10.3. The van der Waals surface area contributed by atoms with Crippen LogP contribution in [-0.2, 0) is 0 Å². The van der Waals surface area contributed by atoms with Crippen molar-refractivity contribution < 1.29 is 4.74 Å². The number of ether oxygens (including phenoxy) is 1. The first kappa shape index (κ1) is 20.5. The minimum Gasteiger partial charge on any atom is -0.490 e. The van der Waals surface area contributed by atoms with Crippen molar-refractivity contribution >= 4 is 17.3 Å². The zero-order valence-electron chi connectivity index (χ0n) is 17.6. The van der Waals surface area contributed by atoms with E-state index in [-0.39, 0.29) is 11.7 Å². The maximum atomic E-state index is 12.4. The minimum absolute atomic E-state index is 0.122. The van der Waals surface area contributed by atoms with Gasteiger partial charge in [-0.1, -0.05) is 23.7 Å². The molecule has 0 bridgehead atoms. The zero-order chi connectivity index (χ0) is 21.3. The average Bonchev–Trinajstić information content (AvgIpc) is 2.69. The predicted octanol–water partition coefficient (Wildman–Crippen LogP) is 4.86. The van der Waals surface area contributed by atoms with Crippen LogP contribution in [0.4, 0.5) is 5.69 Å². The van der Waals surface area contributed by atoms with Crippen LogP contribution in [0.25, 0.3) is 5.69 Å². The summed E-state index contributed by atoms with van der Waals surface area (Å²) in [5, 5.41) is 0.543. The van der Waals surface area contributed by atoms with Gasteiger partial charge < -0.3 is 9.64 Å². The van der Waals surface area contributed by atoms with E-state index in [0.29, 0.717) is 22.2 Å². The van der Waals surface area contributed by atoms with Gasteiger partial charge in [0.05, 0.1) is 10.7 Å². The maximum Gasteiger partial charge on any atom is 0.258 e. The van der Waals surface area contributed by atoms with Crippen molar-refractivity contribution in [2.45, 2.75) is 39.7 Å². The monoisotopic (exact) mass is 423 g/mol. The molecule has 156 valence electrons. The van der Waals surface area contributed by atoms with Crippen molar-refractivity contribution in [2.24, 2.45) is 0 Å². The van der Waals surface area contributed by atoms with Crippen LogP contribution in [0.3, 0.4) is 0 Å². The molecule has 3 aromatic rings. The third-order valence-electron chi connectivity index (χ3n) is 5.49. The largest absolute Gasteiger partial charge is 0.490 e. The topological polar surface area (TPSA) is 47.4 Å². The predicted molar refractivity (Wildman–Crippen MR) is 121 cm³/mol. The highest BCUT2D eigenvalue weighted by atomic mass is 35.5. The number of piperidine rings is 1. The van der Waals surface area contributed by atoms with Crippen LogP contribution in [-0.4, -0.2) is 28.7 Å². The van der Waals surface area contributed by atoms with Crippen molar-refractivity contribution in [3.05, 3.63) is 81.0 Å². The summed E-state index contributed by atoms with van der Waals surface area (Å²) >= 11 is 6.58. The van der Waals surface area contributed by atoms with E-state index >= 15 is 0 Å². The lowest BCUT2D eigenvalue weighted by Gasteiger charge is -2.34. The number of aromatic nitrogens is 2. The molecular formula is C24H26ClN3O2. The number of halogens is 1. The van der Waals surface area contributed by atoms with E-state index in [0.717, 1.165) is 37.4 Å². The quantitative estimate of drug-likeness (QED) is 0.601. The SMILES string of the molecule is Cc1cccc(OC2CCN(c3ccc(-n4c(C)nc(C)cc4=O)c(Cl)c3)CC2)c1. The summed E-state index contributed by atoms with van der Waals surface area (Å²) in [6.45, 7) is 7.51. The lowest BCUT2D eigenvalue weighted by atomic mass is 10.1. The number of anilines is 1. The van der Waals surface area contributed by atoms with Gasteiger partial charge in [0.2, 0.25) is 0 Å². The van der Waals surface area contributed by atoms with Gasteiger partial charge in [0.1, 0.15) is 17.7 Å². The van der Waals surface area contributed by atoms with Gasteiger partial charge in [-0.25, -0.2) is 4.98 Å². The molecule has 1 fully saturated rings. The minimum atomic E-state index is -0.122. The molecule has 0 saturated carbocycles. The van der Waals surface area contributed by atoms with Crippen LogP contribution in [0.5, 0.6) is 5.75 Å². The van der Waals surface area contributed by atoms with Gasteiger partial charge in [-0.05, 0) is 56.7 Å². The van der Waals surface area contributed by atoms with Crippen molar-refractivity contribution in [1.29, 1.82) is 0 Å². The summed E-state index contributed by atoms with van der Waals surface area (Å²) in [4.78, 5) is 19.2. The average molecular weight is 424 g/mol. The van der Waals surface area contributed by atoms with Crippen LogP contribution in [0.2, 0.25) is 5.02 Å². The van der Waals surface area contributed by atoms with Crippen LogP contribution in [0.1, 0.15) is 29.9 Å². The fraction of sp³-hybridized carbons (Fsp3) is 0.333. The van der Waals surface area contributed by atoms with Crippen molar-refractivity contribution in [3.63, 3.8) is 0 Å². The Morgan fingerprint density at radius 2 is 1.80 bits per heavy atom. The molecule has 30 heavy (non-hydrogen) atoms. The lowest BCUT2D eigenvalue weighted by molar-refractivity contribution is 0.171. The van der Waals surface area contributed by atoms with E-state index in [1.807, 2.05) is 44.2 Å². The van der Waals surface area contributed by atoms with Crippen molar-refractivity contribution in [3.8, 4) is 11.4 Å². The van der Waals surface area contributed by atoms with Gasteiger partial charge in [-0.15, -0.1) is 0 Å². The highest BCUT2D eigenvalue weighted by Crippen LogP contribution is 2.29. The van der Waals surface area contributed by atoms with Crippen molar-refractivity contribution in [1.82, 2.24) is 9.55 Å². The first-order valence-corrected chi connectivity index (χ1v) is 10.6. The van der Waals surface area contributed by atoms with E-state index in [1.165, 1.54) is 11.6 Å². The molecule has 0 radical (unpaired) electrons. The molecule has 1 aliphatic heterocycles. The Labute approximate surface area is 181 Å². The molecule has 4 rings (SSSR count). The number of hydrogen-bond donors (Lipinski definition) is 0. The highest BCUT2D eigenvalue weighted by Gasteiger charge is 2.22. The number of benzene rings is 2. The molecule has 1 aliphatic rings. The standard InChI is InChI=1S/C24H26ClN3O2/c1-16-5-4-6-21(13-16)30-20-9-11-27(12-10-20)19-7-8-23(22(25)15-19)28-18(3)26-17(2)14-24(28)29/h4-8,13-15,20H,9-12H2,1-3H3. The molecule has 5 nitrogen and oxygen atoms in total. The second-order valence-electron chi connectivity index (χ2n) is 7.87. The summed E-state index contributed by atoms with van der Waals surface area (Å²) in [5.41, 5.74) is 3.51. The second kappa shape index (κ2) is 8.52. The molecule has 2 heterocycles. The summed E-state index contributed by atoms with van der Waals surface area (Å²) in [7, 11) is 0. The Hall–Kier alpha value is -2.79. The van der Waals surface area contributed by atoms with Crippen LogP contribution in [0.15, 0.2) is 53.3 Å². The maximum absolute atomic E-state index is 12.4.